The van der Waals surface area contributed by atoms with Gasteiger partial charge < -0.3 is 5.32 Å². The first-order valence-electron chi connectivity index (χ1n) is 4.56. The van der Waals surface area contributed by atoms with E-state index in [1.54, 1.807) is 12.1 Å². The van der Waals surface area contributed by atoms with E-state index in [0.717, 1.165) is 17.1 Å². The van der Waals surface area contributed by atoms with Crippen molar-refractivity contribution in [3.63, 3.8) is 0 Å². The van der Waals surface area contributed by atoms with E-state index in [-0.39, 0.29) is 11.7 Å². The zero-order chi connectivity index (χ0) is 11.4. The fraction of sp³-hybridized carbons (Fsp3) is 0.100. The minimum Gasteiger partial charge on any atom is -0.347 e. The second-order valence-corrected chi connectivity index (χ2v) is 3.88. The van der Waals surface area contributed by atoms with Gasteiger partial charge in [-0.2, -0.15) is 0 Å². The Kier molecular flexibility index (Phi) is 3.21. The Balaban J connectivity index is 1.93. The number of aromatic nitrogens is 2. The number of benzene rings is 1. The molecule has 1 aromatic carbocycles. The summed E-state index contributed by atoms with van der Waals surface area (Å²) in [5.74, 6) is -0.513. The normalized spacial score (nSPS) is 10.1. The van der Waals surface area contributed by atoms with E-state index < -0.39 is 0 Å². The summed E-state index contributed by atoms with van der Waals surface area (Å²) < 4.78 is 16.2. The van der Waals surface area contributed by atoms with E-state index in [1.807, 2.05) is 0 Å². The van der Waals surface area contributed by atoms with Crippen LogP contribution in [0.1, 0.15) is 15.2 Å². The molecule has 0 bridgehead atoms. The van der Waals surface area contributed by atoms with Crippen LogP contribution in [-0.4, -0.2) is 15.5 Å². The minimum absolute atomic E-state index is 0.223. The SMILES string of the molecule is O=C(NCc1ccc(F)cc1)c1cnns1. The molecule has 82 valence electrons. The van der Waals surface area contributed by atoms with Gasteiger partial charge in [0.25, 0.3) is 5.91 Å². The van der Waals surface area contributed by atoms with Gasteiger partial charge in [0.2, 0.25) is 0 Å². The molecular formula is C10H8FN3OS. The van der Waals surface area contributed by atoms with Crippen LogP contribution < -0.4 is 5.32 Å². The Morgan fingerprint density at radius 2 is 2.12 bits per heavy atom. The number of halogens is 1. The first-order chi connectivity index (χ1) is 7.75. The van der Waals surface area contributed by atoms with Crippen LogP contribution in [0.5, 0.6) is 0 Å². The van der Waals surface area contributed by atoms with Crippen molar-refractivity contribution in [2.75, 3.05) is 0 Å². The Morgan fingerprint density at radius 3 is 2.75 bits per heavy atom. The molecule has 1 heterocycles. The van der Waals surface area contributed by atoms with Crippen molar-refractivity contribution in [1.82, 2.24) is 14.9 Å². The third kappa shape index (κ3) is 2.60. The molecule has 0 fully saturated rings. The molecule has 0 radical (unpaired) electrons. The maximum absolute atomic E-state index is 12.6. The van der Waals surface area contributed by atoms with Crippen molar-refractivity contribution in [2.45, 2.75) is 6.54 Å². The molecule has 0 unspecified atom stereocenters. The lowest BCUT2D eigenvalue weighted by Gasteiger charge is -2.02. The second-order valence-electron chi connectivity index (χ2n) is 3.09. The quantitative estimate of drug-likeness (QED) is 0.882. The summed E-state index contributed by atoms with van der Waals surface area (Å²) in [5, 5.41) is 6.26. The predicted molar refractivity (Wildman–Crippen MR) is 57.5 cm³/mol. The molecule has 0 spiro atoms. The highest BCUT2D eigenvalue weighted by atomic mass is 32.1. The molecule has 2 rings (SSSR count). The summed E-state index contributed by atoms with van der Waals surface area (Å²) in [5.41, 5.74) is 0.840. The van der Waals surface area contributed by atoms with Crippen LogP contribution in [0.2, 0.25) is 0 Å². The van der Waals surface area contributed by atoms with Crippen molar-refractivity contribution < 1.29 is 9.18 Å². The third-order valence-electron chi connectivity index (χ3n) is 1.95. The van der Waals surface area contributed by atoms with Gasteiger partial charge in [0.05, 0.1) is 6.20 Å². The van der Waals surface area contributed by atoms with Gasteiger partial charge in [-0.25, -0.2) is 4.39 Å². The zero-order valence-electron chi connectivity index (χ0n) is 8.18. The van der Waals surface area contributed by atoms with E-state index in [2.05, 4.69) is 14.9 Å². The summed E-state index contributed by atoms with van der Waals surface area (Å²) in [7, 11) is 0. The number of amides is 1. The molecule has 1 aromatic heterocycles. The lowest BCUT2D eigenvalue weighted by atomic mass is 10.2. The molecule has 0 aliphatic heterocycles. The van der Waals surface area contributed by atoms with Crippen molar-refractivity contribution in [3.05, 3.63) is 46.7 Å². The van der Waals surface area contributed by atoms with E-state index >= 15 is 0 Å². The van der Waals surface area contributed by atoms with Crippen LogP contribution in [-0.2, 0) is 6.54 Å². The predicted octanol–water partition coefficient (Wildman–Crippen LogP) is 1.61. The summed E-state index contributed by atoms with van der Waals surface area (Å²) in [4.78, 5) is 12.0. The highest BCUT2D eigenvalue weighted by molar-refractivity contribution is 7.07. The maximum atomic E-state index is 12.6. The van der Waals surface area contributed by atoms with E-state index in [1.165, 1.54) is 18.3 Å². The van der Waals surface area contributed by atoms with Crippen molar-refractivity contribution in [1.29, 1.82) is 0 Å². The number of carbonyl (C=O) groups excluding carboxylic acids is 1. The van der Waals surface area contributed by atoms with Gasteiger partial charge in [-0.1, -0.05) is 16.6 Å². The molecule has 0 aliphatic rings. The lowest BCUT2D eigenvalue weighted by molar-refractivity contribution is 0.0955. The first kappa shape index (κ1) is 10.7. The Hall–Kier alpha value is -1.82. The molecule has 4 nitrogen and oxygen atoms in total. The molecule has 6 heteroatoms. The first-order valence-corrected chi connectivity index (χ1v) is 5.33. The maximum Gasteiger partial charge on any atom is 0.264 e. The Morgan fingerprint density at radius 1 is 1.38 bits per heavy atom. The second kappa shape index (κ2) is 4.80. The molecule has 0 saturated carbocycles. The molecular weight excluding hydrogens is 229 g/mol. The minimum atomic E-state index is -0.290. The summed E-state index contributed by atoms with van der Waals surface area (Å²) >= 11 is 1.04. The smallest absolute Gasteiger partial charge is 0.264 e. The van der Waals surface area contributed by atoms with E-state index in [4.69, 9.17) is 0 Å². The lowest BCUT2D eigenvalue weighted by Crippen LogP contribution is -2.21. The van der Waals surface area contributed by atoms with Crippen LogP contribution in [0.25, 0.3) is 0 Å². The van der Waals surface area contributed by atoms with Gasteiger partial charge in [0, 0.05) is 6.54 Å². The third-order valence-corrected chi connectivity index (χ3v) is 2.61. The molecule has 0 saturated heterocycles. The van der Waals surface area contributed by atoms with Crippen molar-refractivity contribution >= 4 is 17.4 Å². The molecule has 16 heavy (non-hydrogen) atoms. The molecule has 2 aromatic rings. The standard InChI is InChI=1S/C10H8FN3OS/c11-8-3-1-7(2-4-8)5-12-10(15)9-6-13-14-16-9/h1-4,6H,5H2,(H,12,15). The number of rotatable bonds is 3. The number of nitrogens with one attached hydrogen (secondary N) is 1. The number of carbonyl (C=O) groups is 1. The average molecular weight is 237 g/mol. The molecule has 0 atom stereocenters. The summed E-state index contributed by atoms with van der Waals surface area (Å²) in [6.45, 7) is 0.358. The van der Waals surface area contributed by atoms with Crippen molar-refractivity contribution in [2.24, 2.45) is 0 Å². The molecule has 0 aliphatic carbocycles. The monoisotopic (exact) mass is 237 g/mol. The summed E-state index contributed by atoms with van der Waals surface area (Å²) in [6, 6.07) is 5.96. The van der Waals surface area contributed by atoms with E-state index in [9.17, 15) is 9.18 Å². The van der Waals surface area contributed by atoms with Gasteiger partial charge in [0.1, 0.15) is 10.7 Å². The van der Waals surface area contributed by atoms with Crippen LogP contribution in [0.3, 0.4) is 0 Å². The highest BCUT2D eigenvalue weighted by Crippen LogP contribution is 2.04. The molecule has 1 amide bonds. The van der Waals surface area contributed by atoms with Gasteiger partial charge in [0.15, 0.2) is 0 Å². The largest absolute Gasteiger partial charge is 0.347 e. The van der Waals surface area contributed by atoms with Crippen LogP contribution in [0.15, 0.2) is 30.5 Å². The van der Waals surface area contributed by atoms with Gasteiger partial charge in [-0.3, -0.25) is 4.79 Å². The average Bonchev–Trinajstić information content (AvgIpc) is 2.81. The van der Waals surface area contributed by atoms with Gasteiger partial charge >= 0.3 is 0 Å². The Bertz CT molecular complexity index is 469. The number of hydrogen-bond donors (Lipinski definition) is 1. The highest BCUT2D eigenvalue weighted by Gasteiger charge is 2.07. The van der Waals surface area contributed by atoms with Crippen molar-refractivity contribution in [3.8, 4) is 0 Å². The van der Waals surface area contributed by atoms with E-state index in [0.29, 0.717) is 11.4 Å². The van der Waals surface area contributed by atoms with Crippen LogP contribution in [0.4, 0.5) is 4.39 Å². The fourth-order valence-corrected chi connectivity index (χ4v) is 1.57. The number of nitrogens with zero attached hydrogens (tertiary/aromatic N) is 2. The van der Waals surface area contributed by atoms with Crippen LogP contribution >= 0.6 is 11.5 Å². The van der Waals surface area contributed by atoms with Gasteiger partial charge in [-0.15, -0.1) is 5.10 Å². The topological polar surface area (TPSA) is 54.9 Å². The fourth-order valence-electron chi connectivity index (χ4n) is 1.14. The zero-order valence-corrected chi connectivity index (χ0v) is 9.00. The Labute approximate surface area is 95.3 Å². The van der Waals surface area contributed by atoms with Gasteiger partial charge in [-0.05, 0) is 29.2 Å². The summed E-state index contributed by atoms with van der Waals surface area (Å²) in [6.07, 6.45) is 1.41. The van der Waals surface area contributed by atoms with Crippen LogP contribution in [0, 0.1) is 5.82 Å². The molecule has 1 N–H and O–H groups in total. The number of hydrogen-bond acceptors (Lipinski definition) is 4.